The zero-order valence-electron chi connectivity index (χ0n) is 17.2. The maximum Gasteiger partial charge on any atom is 0.238 e. The van der Waals surface area contributed by atoms with Crippen molar-refractivity contribution >= 4 is 17.5 Å². The quantitative estimate of drug-likeness (QED) is 0.453. The molecule has 0 N–H and O–H groups in total. The Balaban J connectivity index is 1.65. The third-order valence-corrected chi connectivity index (χ3v) is 6.39. The van der Waals surface area contributed by atoms with Crippen LogP contribution in [0.5, 0.6) is 5.75 Å². The molecule has 2 aliphatic rings. The summed E-state index contributed by atoms with van der Waals surface area (Å²) < 4.78 is 5.47. The van der Waals surface area contributed by atoms with Crippen molar-refractivity contribution < 1.29 is 14.3 Å². The van der Waals surface area contributed by atoms with Crippen molar-refractivity contribution in [3.63, 3.8) is 0 Å². The van der Waals surface area contributed by atoms with Crippen LogP contribution >= 0.6 is 0 Å². The number of hydrogen-bond donors (Lipinski definition) is 0. The number of allylic oxidation sites excluding steroid dienone is 2. The van der Waals surface area contributed by atoms with Crippen molar-refractivity contribution in [2.75, 3.05) is 12.0 Å². The van der Waals surface area contributed by atoms with Crippen molar-refractivity contribution in [3.05, 3.63) is 108 Å². The SMILES string of the molecule is COc1ccccc1N1C(=O)C2C(c3ccccc3)C=CC(c3ccccc3)C2C1=O. The van der Waals surface area contributed by atoms with Gasteiger partial charge in [-0.1, -0.05) is 84.9 Å². The molecule has 0 saturated carbocycles. The van der Waals surface area contributed by atoms with Crippen LogP contribution in [0.1, 0.15) is 23.0 Å². The molecule has 2 amide bonds. The van der Waals surface area contributed by atoms with E-state index >= 15 is 0 Å². The Labute approximate surface area is 181 Å². The Hall–Kier alpha value is -3.66. The first-order valence-electron chi connectivity index (χ1n) is 10.5. The summed E-state index contributed by atoms with van der Waals surface area (Å²) in [7, 11) is 1.55. The minimum Gasteiger partial charge on any atom is -0.495 e. The smallest absolute Gasteiger partial charge is 0.238 e. The molecule has 4 nitrogen and oxygen atoms in total. The Morgan fingerprint density at radius 1 is 0.645 bits per heavy atom. The number of anilines is 1. The molecule has 0 radical (unpaired) electrons. The molecule has 3 aromatic rings. The molecular weight excluding hydrogens is 386 g/mol. The maximum atomic E-state index is 13.8. The molecule has 154 valence electrons. The molecular formula is C27H23NO3. The summed E-state index contributed by atoms with van der Waals surface area (Å²) in [6, 6.07) is 27.1. The van der Waals surface area contributed by atoms with Gasteiger partial charge in [0.05, 0.1) is 24.6 Å². The van der Waals surface area contributed by atoms with Gasteiger partial charge in [-0.05, 0) is 23.3 Å². The van der Waals surface area contributed by atoms with Crippen LogP contribution in [0.2, 0.25) is 0 Å². The predicted octanol–water partition coefficient (Wildman–Crippen LogP) is 4.94. The highest BCUT2D eigenvalue weighted by Crippen LogP contribution is 2.51. The first kappa shape index (κ1) is 19.3. The molecule has 4 heteroatoms. The van der Waals surface area contributed by atoms with E-state index in [0.717, 1.165) is 11.1 Å². The second-order valence-electron chi connectivity index (χ2n) is 7.99. The fourth-order valence-electron chi connectivity index (χ4n) is 4.99. The number of para-hydroxylation sites is 2. The van der Waals surface area contributed by atoms with E-state index in [4.69, 9.17) is 4.74 Å². The summed E-state index contributed by atoms with van der Waals surface area (Å²) in [6.45, 7) is 0. The number of methoxy groups -OCH3 is 1. The van der Waals surface area contributed by atoms with Crippen molar-refractivity contribution in [1.82, 2.24) is 0 Å². The molecule has 4 unspecified atom stereocenters. The van der Waals surface area contributed by atoms with Gasteiger partial charge in [0, 0.05) is 11.8 Å². The topological polar surface area (TPSA) is 46.6 Å². The van der Waals surface area contributed by atoms with Crippen LogP contribution in [0.25, 0.3) is 0 Å². The number of benzene rings is 3. The molecule has 1 fully saturated rings. The molecule has 0 bridgehead atoms. The monoisotopic (exact) mass is 409 g/mol. The van der Waals surface area contributed by atoms with Crippen molar-refractivity contribution in [2.45, 2.75) is 11.8 Å². The van der Waals surface area contributed by atoms with Gasteiger partial charge in [-0.3, -0.25) is 9.59 Å². The van der Waals surface area contributed by atoms with E-state index in [2.05, 4.69) is 12.2 Å². The average Bonchev–Trinajstić information content (AvgIpc) is 3.10. The van der Waals surface area contributed by atoms with Gasteiger partial charge in [-0.2, -0.15) is 0 Å². The summed E-state index contributed by atoms with van der Waals surface area (Å²) in [6.07, 6.45) is 4.20. The van der Waals surface area contributed by atoms with E-state index in [1.165, 1.54) is 4.90 Å². The Morgan fingerprint density at radius 2 is 1.10 bits per heavy atom. The molecule has 31 heavy (non-hydrogen) atoms. The number of fused-ring (bicyclic) bond motifs is 1. The van der Waals surface area contributed by atoms with Crippen molar-refractivity contribution in [3.8, 4) is 5.75 Å². The largest absolute Gasteiger partial charge is 0.495 e. The van der Waals surface area contributed by atoms with Crippen LogP contribution in [0.15, 0.2) is 97.1 Å². The van der Waals surface area contributed by atoms with Crippen LogP contribution in [0.4, 0.5) is 5.69 Å². The van der Waals surface area contributed by atoms with Gasteiger partial charge in [0.15, 0.2) is 0 Å². The minimum atomic E-state index is -0.463. The summed E-state index contributed by atoms with van der Waals surface area (Å²) in [5.41, 5.74) is 2.60. The highest BCUT2D eigenvalue weighted by atomic mass is 16.5. The number of nitrogens with zero attached hydrogens (tertiary/aromatic N) is 1. The fraction of sp³-hybridized carbons (Fsp3) is 0.185. The average molecular weight is 409 g/mol. The highest BCUT2D eigenvalue weighted by Gasteiger charge is 2.55. The van der Waals surface area contributed by atoms with Gasteiger partial charge in [0.25, 0.3) is 0 Å². The van der Waals surface area contributed by atoms with E-state index in [1.54, 1.807) is 19.2 Å². The summed E-state index contributed by atoms with van der Waals surface area (Å²) in [5.74, 6) is -1.05. The molecule has 1 aliphatic heterocycles. The van der Waals surface area contributed by atoms with E-state index in [0.29, 0.717) is 11.4 Å². The summed E-state index contributed by atoms with van der Waals surface area (Å²) >= 11 is 0. The third kappa shape index (κ3) is 3.15. The van der Waals surface area contributed by atoms with Crippen LogP contribution < -0.4 is 9.64 Å². The standard InChI is InChI=1S/C27H23NO3/c1-31-23-15-9-8-14-22(23)28-26(29)24-20(18-10-4-2-5-11-18)16-17-21(25(24)27(28)30)19-12-6-3-7-13-19/h2-17,20-21,24-25H,1H3. The number of hydrogen-bond acceptors (Lipinski definition) is 3. The normalized spacial score (nSPS) is 24.9. The Kier molecular flexibility index (Phi) is 4.91. The van der Waals surface area contributed by atoms with Gasteiger partial charge in [0.2, 0.25) is 11.8 Å². The number of amides is 2. The molecule has 0 aromatic heterocycles. The van der Waals surface area contributed by atoms with E-state index in [-0.39, 0.29) is 23.7 Å². The third-order valence-electron chi connectivity index (χ3n) is 6.39. The molecule has 5 rings (SSSR count). The van der Waals surface area contributed by atoms with Crippen LogP contribution in [0.3, 0.4) is 0 Å². The Morgan fingerprint density at radius 3 is 1.58 bits per heavy atom. The van der Waals surface area contributed by atoms with Gasteiger partial charge < -0.3 is 4.74 Å². The molecule has 3 aromatic carbocycles. The lowest BCUT2D eigenvalue weighted by atomic mass is 9.68. The number of ether oxygens (including phenoxy) is 1. The predicted molar refractivity (Wildman–Crippen MR) is 120 cm³/mol. The maximum absolute atomic E-state index is 13.8. The molecule has 4 atom stereocenters. The number of rotatable bonds is 4. The fourth-order valence-corrected chi connectivity index (χ4v) is 4.99. The summed E-state index contributed by atoms with van der Waals surface area (Å²) in [4.78, 5) is 28.9. The lowest BCUT2D eigenvalue weighted by Gasteiger charge is -2.32. The number of carbonyl (C=O) groups is 2. The molecule has 1 saturated heterocycles. The zero-order valence-corrected chi connectivity index (χ0v) is 17.2. The first-order valence-corrected chi connectivity index (χ1v) is 10.5. The molecule has 1 heterocycles. The van der Waals surface area contributed by atoms with E-state index in [9.17, 15) is 9.59 Å². The minimum absolute atomic E-state index is 0.151. The highest BCUT2D eigenvalue weighted by molar-refractivity contribution is 6.23. The second kappa shape index (κ2) is 7.88. The van der Waals surface area contributed by atoms with Crippen LogP contribution in [0, 0.1) is 11.8 Å². The lowest BCUT2D eigenvalue weighted by molar-refractivity contribution is -0.122. The molecule has 1 aliphatic carbocycles. The molecule has 0 spiro atoms. The van der Waals surface area contributed by atoms with Crippen molar-refractivity contribution in [2.24, 2.45) is 11.8 Å². The van der Waals surface area contributed by atoms with Crippen LogP contribution in [-0.2, 0) is 9.59 Å². The van der Waals surface area contributed by atoms with Gasteiger partial charge >= 0.3 is 0 Å². The first-order chi connectivity index (χ1) is 15.2. The van der Waals surface area contributed by atoms with Crippen molar-refractivity contribution in [1.29, 1.82) is 0 Å². The van der Waals surface area contributed by atoms with E-state index < -0.39 is 11.8 Å². The second-order valence-corrected chi connectivity index (χ2v) is 7.99. The van der Waals surface area contributed by atoms with Crippen LogP contribution in [-0.4, -0.2) is 18.9 Å². The lowest BCUT2D eigenvalue weighted by Crippen LogP contribution is -2.32. The van der Waals surface area contributed by atoms with Gasteiger partial charge in [-0.25, -0.2) is 4.90 Å². The zero-order chi connectivity index (χ0) is 21.4. The van der Waals surface area contributed by atoms with E-state index in [1.807, 2.05) is 72.8 Å². The van der Waals surface area contributed by atoms with Gasteiger partial charge in [0.1, 0.15) is 5.75 Å². The number of imide groups is 1. The summed E-state index contributed by atoms with van der Waals surface area (Å²) in [5, 5.41) is 0. The number of carbonyl (C=O) groups excluding carboxylic acids is 2. The van der Waals surface area contributed by atoms with Gasteiger partial charge in [-0.15, -0.1) is 0 Å². The Bertz CT molecular complexity index is 1070.